The summed E-state index contributed by atoms with van der Waals surface area (Å²) >= 11 is 5.95. The minimum Gasteiger partial charge on any atom is -0.495 e. The zero-order valence-electron chi connectivity index (χ0n) is 12.9. The van der Waals surface area contributed by atoms with Crippen LogP contribution in [0.5, 0.6) is 5.75 Å². The highest BCUT2D eigenvalue weighted by Gasteiger charge is 2.07. The summed E-state index contributed by atoms with van der Waals surface area (Å²) < 4.78 is 10.7. The number of ether oxygens (including phenoxy) is 2. The van der Waals surface area contributed by atoms with E-state index in [1.165, 1.54) is 19.3 Å². The van der Waals surface area contributed by atoms with Gasteiger partial charge in [0.15, 0.2) is 0 Å². The monoisotopic (exact) mass is 315 g/mol. The number of benzene rings is 1. The fourth-order valence-electron chi connectivity index (χ4n) is 1.96. The van der Waals surface area contributed by atoms with Crippen molar-refractivity contribution in [1.82, 2.24) is 0 Å². The van der Waals surface area contributed by atoms with E-state index in [9.17, 15) is 5.11 Å². The van der Waals surface area contributed by atoms with E-state index in [0.29, 0.717) is 30.5 Å². The maximum atomic E-state index is 9.88. The lowest BCUT2D eigenvalue weighted by Gasteiger charge is -2.15. The van der Waals surface area contributed by atoms with Gasteiger partial charge >= 0.3 is 0 Å². The van der Waals surface area contributed by atoms with Gasteiger partial charge in [-0.05, 0) is 24.6 Å². The van der Waals surface area contributed by atoms with Crippen molar-refractivity contribution < 1.29 is 14.6 Å². The van der Waals surface area contributed by atoms with Crippen LogP contribution in [0.25, 0.3) is 0 Å². The molecule has 2 N–H and O–H groups in total. The van der Waals surface area contributed by atoms with E-state index in [-0.39, 0.29) is 0 Å². The number of unbranched alkanes of at least 4 members (excludes halogenated alkanes) is 3. The van der Waals surface area contributed by atoms with Gasteiger partial charge in [0.25, 0.3) is 0 Å². The van der Waals surface area contributed by atoms with E-state index in [0.717, 1.165) is 12.1 Å². The summed E-state index contributed by atoms with van der Waals surface area (Å²) in [5, 5.41) is 13.6. The molecule has 0 aliphatic carbocycles. The second-order valence-corrected chi connectivity index (χ2v) is 5.45. The van der Waals surface area contributed by atoms with Gasteiger partial charge < -0.3 is 19.9 Å². The van der Waals surface area contributed by atoms with E-state index >= 15 is 0 Å². The van der Waals surface area contributed by atoms with Gasteiger partial charge in [-0.2, -0.15) is 0 Å². The molecule has 0 spiro atoms. The molecule has 4 nitrogen and oxygen atoms in total. The number of hydrogen-bond acceptors (Lipinski definition) is 4. The van der Waals surface area contributed by atoms with Crippen molar-refractivity contribution in [3.05, 3.63) is 23.2 Å². The fraction of sp³-hybridized carbons (Fsp3) is 0.625. The van der Waals surface area contributed by atoms with Gasteiger partial charge in [0, 0.05) is 18.2 Å². The number of nitrogens with one attached hydrogen (secondary N) is 1. The van der Waals surface area contributed by atoms with E-state index in [1.807, 2.05) is 0 Å². The Bertz CT molecular complexity index is 401. The molecule has 0 radical (unpaired) electrons. The largest absolute Gasteiger partial charge is 0.495 e. The number of methoxy groups -OCH3 is 1. The first-order valence-electron chi connectivity index (χ1n) is 7.50. The van der Waals surface area contributed by atoms with Gasteiger partial charge in [0.05, 0.1) is 25.5 Å². The first-order valence-corrected chi connectivity index (χ1v) is 7.88. The molecule has 0 aliphatic rings. The average Bonchev–Trinajstić information content (AvgIpc) is 2.49. The molecule has 0 saturated heterocycles. The summed E-state index contributed by atoms with van der Waals surface area (Å²) in [7, 11) is 1.60. The molecule has 21 heavy (non-hydrogen) atoms. The third-order valence-electron chi connectivity index (χ3n) is 3.14. The fourth-order valence-corrected chi connectivity index (χ4v) is 2.13. The topological polar surface area (TPSA) is 50.7 Å². The Hall–Kier alpha value is -0.970. The molecule has 1 atom stereocenters. The zero-order valence-corrected chi connectivity index (χ0v) is 13.7. The van der Waals surface area contributed by atoms with Gasteiger partial charge in [0.2, 0.25) is 0 Å². The third kappa shape index (κ3) is 7.55. The summed E-state index contributed by atoms with van der Waals surface area (Å²) in [6.45, 7) is 3.62. The molecular weight excluding hydrogens is 290 g/mol. The zero-order chi connectivity index (χ0) is 15.5. The Morgan fingerprint density at radius 1 is 1.29 bits per heavy atom. The predicted octanol–water partition coefficient (Wildman–Crippen LogP) is 3.72. The lowest BCUT2D eigenvalue weighted by atomic mass is 10.2. The molecule has 0 bridgehead atoms. The molecule has 0 saturated carbocycles. The van der Waals surface area contributed by atoms with E-state index in [2.05, 4.69) is 12.2 Å². The third-order valence-corrected chi connectivity index (χ3v) is 3.38. The molecule has 120 valence electrons. The lowest BCUT2D eigenvalue weighted by molar-refractivity contribution is 0.0416. The Labute approximate surface area is 132 Å². The van der Waals surface area contributed by atoms with E-state index < -0.39 is 6.10 Å². The van der Waals surface area contributed by atoms with Crippen molar-refractivity contribution in [2.24, 2.45) is 0 Å². The molecular formula is C16H26ClNO3. The minimum absolute atomic E-state index is 0.335. The van der Waals surface area contributed by atoms with E-state index in [1.54, 1.807) is 25.3 Å². The number of aliphatic hydroxyl groups excluding tert-OH is 1. The first-order chi connectivity index (χ1) is 10.2. The average molecular weight is 316 g/mol. The van der Waals surface area contributed by atoms with Crippen molar-refractivity contribution in [2.45, 2.75) is 38.7 Å². The summed E-state index contributed by atoms with van der Waals surface area (Å²) in [6.07, 6.45) is 4.14. The van der Waals surface area contributed by atoms with Crippen molar-refractivity contribution in [3.63, 3.8) is 0 Å². The van der Waals surface area contributed by atoms with Crippen molar-refractivity contribution in [2.75, 3.05) is 32.2 Å². The van der Waals surface area contributed by atoms with Crippen LogP contribution in [0.2, 0.25) is 5.02 Å². The van der Waals surface area contributed by atoms with Crippen molar-refractivity contribution in [1.29, 1.82) is 0 Å². The van der Waals surface area contributed by atoms with Crippen LogP contribution in [0.15, 0.2) is 18.2 Å². The molecule has 1 aromatic rings. The molecule has 0 amide bonds. The van der Waals surface area contributed by atoms with Crippen LogP contribution in [0, 0.1) is 0 Å². The Morgan fingerprint density at radius 2 is 2.10 bits per heavy atom. The molecule has 1 rings (SSSR count). The predicted molar refractivity (Wildman–Crippen MR) is 87.5 cm³/mol. The number of rotatable bonds is 11. The Balaban J connectivity index is 2.23. The molecule has 0 aromatic heterocycles. The van der Waals surface area contributed by atoms with Crippen molar-refractivity contribution >= 4 is 17.3 Å². The highest BCUT2D eigenvalue weighted by molar-refractivity contribution is 6.30. The van der Waals surface area contributed by atoms with Crippen LogP contribution in [0.1, 0.15) is 32.6 Å². The molecule has 0 heterocycles. The van der Waals surface area contributed by atoms with Gasteiger partial charge in [0.1, 0.15) is 5.75 Å². The van der Waals surface area contributed by atoms with Gasteiger partial charge in [-0.15, -0.1) is 0 Å². The van der Waals surface area contributed by atoms with E-state index in [4.69, 9.17) is 21.1 Å². The van der Waals surface area contributed by atoms with Crippen LogP contribution in [0.3, 0.4) is 0 Å². The summed E-state index contributed by atoms with van der Waals surface area (Å²) in [6, 6.07) is 5.33. The maximum absolute atomic E-state index is 9.88. The van der Waals surface area contributed by atoms with Crippen LogP contribution in [0.4, 0.5) is 5.69 Å². The second-order valence-electron chi connectivity index (χ2n) is 5.01. The highest BCUT2D eigenvalue weighted by atomic mass is 35.5. The smallest absolute Gasteiger partial charge is 0.142 e. The second kappa shape index (κ2) is 10.7. The SMILES string of the molecule is CCCCCCOCC(O)CNc1cc(Cl)ccc1OC. The lowest BCUT2D eigenvalue weighted by Crippen LogP contribution is -2.25. The summed E-state index contributed by atoms with van der Waals surface area (Å²) in [4.78, 5) is 0. The van der Waals surface area contributed by atoms with Gasteiger partial charge in [-0.25, -0.2) is 0 Å². The van der Waals surface area contributed by atoms with Crippen molar-refractivity contribution in [3.8, 4) is 5.75 Å². The highest BCUT2D eigenvalue weighted by Crippen LogP contribution is 2.27. The number of aliphatic hydroxyl groups is 1. The molecule has 5 heteroatoms. The minimum atomic E-state index is -0.556. The molecule has 1 unspecified atom stereocenters. The normalized spacial score (nSPS) is 12.2. The van der Waals surface area contributed by atoms with Crippen LogP contribution >= 0.6 is 11.6 Å². The first kappa shape index (κ1) is 18.1. The quantitative estimate of drug-likeness (QED) is 0.611. The standard InChI is InChI=1S/C16H26ClNO3/c1-3-4-5-6-9-21-12-14(19)11-18-15-10-13(17)7-8-16(15)20-2/h7-8,10,14,18-19H,3-6,9,11-12H2,1-2H3. The van der Waals surface area contributed by atoms with Crippen LogP contribution in [-0.4, -0.2) is 38.1 Å². The molecule has 0 fully saturated rings. The van der Waals surface area contributed by atoms with Gasteiger partial charge in [-0.3, -0.25) is 0 Å². The number of anilines is 1. The van der Waals surface area contributed by atoms with Crippen LogP contribution in [-0.2, 0) is 4.74 Å². The summed E-state index contributed by atoms with van der Waals surface area (Å²) in [5.41, 5.74) is 0.770. The summed E-state index contributed by atoms with van der Waals surface area (Å²) in [5.74, 6) is 0.701. The van der Waals surface area contributed by atoms with Crippen LogP contribution < -0.4 is 10.1 Å². The number of halogens is 1. The number of hydrogen-bond donors (Lipinski definition) is 2. The molecule has 1 aromatic carbocycles. The molecule has 0 aliphatic heterocycles. The van der Waals surface area contributed by atoms with Gasteiger partial charge in [-0.1, -0.05) is 37.8 Å². The Morgan fingerprint density at radius 3 is 2.81 bits per heavy atom. The Kier molecular flexibility index (Phi) is 9.22. The maximum Gasteiger partial charge on any atom is 0.142 e.